The Labute approximate surface area is 271 Å². The van der Waals surface area contributed by atoms with E-state index in [1.807, 2.05) is 24.0 Å². The third-order valence-corrected chi connectivity index (χ3v) is 10.1. The van der Waals surface area contributed by atoms with Gasteiger partial charge in [0.15, 0.2) is 0 Å². The first-order valence-electron chi connectivity index (χ1n) is 16.4. The number of benzene rings is 2. The largest absolute Gasteiger partial charge is 0.458 e. The number of aromatic nitrogens is 2. The molecule has 0 aliphatic carbocycles. The summed E-state index contributed by atoms with van der Waals surface area (Å²) in [6.07, 6.45) is 3.71. The zero-order valence-electron chi connectivity index (χ0n) is 26.9. The van der Waals surface area contributed by atoms with Crippen molar-refractivity contribution in [1.29, 1.82) is 5.26 Å². The molecule has 0 N–H and O–H groups in total. The molecule has 4 heterocycles. The van der Waals surface area contributed by atoms with Crippen molar-refractivity contribution in [3.63, 3.8) is 0 Å². The van der Waals surface area contributed by atoms with Gasteiger partial charge in [0.1, 0.15) is 11.9 Å². The molecule has 3 aliphatic heterocycles. The van der Waals surface area contributed by atoms with Gasteiger partial charge in [-0.15, -0.1) is 0 Å². The van der Waals surface area contributed by atoms with Gasteiger partial charge in [0, 0.05) is 55.3 Å². The third kappa shape index (κ3) is 6.28. The van der Waals surface area contributed by atoms with Gasteiger partial charge < -0.3 is 19.4 Å². The highest BCUT2D eigenvalue weighted by Gasteiger charge is 2.36. The first-order valence-corrected chi connectivity index (χ1v) is 16.8. The Morgan fingerprint density at radius 1 is 1.11 bits per heavy atom. The number of hydrogen-bond acceptors (Lipinski definition) is 8. The number of rotatable bonds is 8. The highest BCUT2D eigenvalue weighted by Crippen LogP contribution is 2.38. The molecule has 0 saturated carbocycles. The fraction of sp³-hybridized carbons (Fsp3) is 0.543. The number of likely N-dealkylation sites (N-methyl/N-ethyl adjacent to an activating group) is 1. The molecule has 1 unspecified atom stereocenters. The minimum atomic E-state index is -0.181. The highest BCUT2D eigenvalue weighted by atomic mass is 35.5. The lowest BCUT2D eigenvalue weighted by molar-refractivity contribution is -0.133. The fourth-order valence-electron chi connectivity index (χ4n) is 7.44. The van der Waals surface area contributed by atoms with Crippen LogP contribution in [0.5, 0.6) is 6.01 Å². The van der Waals surface area contributed by atoms with E-state index in [9.17, 15) is 10.1 Å². The second-order valence-electron chi connectivity index (χ2n) is 13.0. The Bertz CT molecular complexity index is 1580. The number of nitrogens with zero attached hydrogens (tertiary/aromatic N) is 7. The van der Waals surface area contributed by atoms with Gasteiger partial charge in [-0.3, -0.25) is 9.69 Å². The van der Waals surface area contributed by atoms with Gasteiger partial charge in [0.25, 0.3) is 0 Å². The van der Waals surface area contributed by atoms with Gasteiger partial charge in [-0.25, -0.2) is 0 Å². The number of carbonyl (C=O) groups is 1. The number of hydrogen-bond donors (Lipinski definition) is 0. The van der Waals surface area contributed by atoms with E-state index in [0.29, 0.717) is 44.7 Å². The molecule has 2 saturated heterocycles. The van der Waals surface area contributed by atoms with Gasteiger partial charge >= 0.3 is 6.01 Å². The van der Waals surface area contributed by atoms with E-state index in [1.54, 1.807) is 0 Å². The smallest absolute Gasteiger partial charge is 0.319 e. The Morgan fingerprint density at radius 3 is 2.62 bits per heavy atom. The number of nitriles is 1. The number of amides is 1. The number of likely N-dealkylation sites (tertiary alicyclic amines) is 1. The van der Waals surface area contributed by atoms with Crippen LogP contribution in [0.2, 0.25) is 5.02 Å². The second kappa shape index (κ2) is 13.4. The second-order valence-corrected chi connectivity index (χ2v) is 13.4. The van der Waals surface area contributed by atoms with Crippen molar-refractivity contribution in [2.75, 3.05) is 49.6 Å². The summed E-state index contributed by atoms with van der Waals surface area (Å²) in [4.78, 5) is 31.9. The quantitative estimate of drug-likeness (QED) is 0.314. The van der Waals surface area contributed by atoms with Crippen molar-refractivity contribution in [2.24, 2.45) is 5.92 Å². The van der Waals surface area contributed by atoms with E-state index >= 15 is 0 Å². The maximum atomic E-state index is 12.7. The molecule has 9 nitrogen and oxygen atoms in total. The summed E-state index contributed by atoms with van der Waals surface area (Å²) in [6, 6.07) is 15.2. The van der Waals surface area contributed by atoms with Crippen LogP contribution in [0.25, 0.3) is 10.8 Å². The number of anilines is 2. The van der Waals surface area contributed by atoms with Crippen LogP contribution in [0.1, 0.15) is 57.7 Å². The van der Waals surface area contributed by atoms with Crippen LogP contribution >= 0.6 is 11.6 Å². The normalized spacial score (nSPS) is 21.2. The molecular formula is C35H44ClN7O2. The fourth-order valence-corrected chi connectivity index (χ4v) is 7.72. The van der Waals surface area contributed by atoms with Crippen LogP contribution in [0.3, 0.4) is 0 Å². The van der Waals surface area contributed by atoms with E-state index in [0.717, 1.165) is 70.9 Å². The van der Waals surface area contributed by atoms with Crippen LogP contribution in [-0.4, -0.2) is 83.6 Å². The summed E-state index contributed by atoms with van der Waals surface area (Å²) >= 11 is 6.74. The topological polar surface area (TPSA) is 88.8 Å². The molecule has 10 heteroatoms. The lowest BCUT2D eigenvalue weighted by Gasteiger charge is -2.42. The number of carbonyl (C=O) groups excluding carboxylic acids is 1. The number of fused-ring (bicyclic) bond motifs is 2. The SMILES string of the molecule is CCC(=O)N1CCN(c2nc(OC(C(C)C)[C@@H]3CCCN3C)nc3c2CCN(c2cccc4cccc(Cl)c24)C3)C[C@H]1CC#N. The van der Waals surface area contributed by atoms with E-state index in [4.69, 9.17) is 26.3 Å². The molecular weight excluding hydrogens is 586 g/mol. The van der Waals surface area contributed by atoms with E-state index in [1.165, 1.54) is 0 Å². The van der Waals surface area contributed by atoms with Crippen molar-refractivity contribution in [2.45, 2.75) is 77.6 Å². The van der Waals surface area contributed by atoms with Crippen molar-refractivity contribution in [3.8, 4) is 12.1 Å². The first kappa shape index (κ1) is 31.4. The van der Waals surface area contributed by atoms with Crippen LogP contribution < -0.4 is 14.5 Å². The van der Waals surface area contributed by atoms with Crippen molar-refractivity contribution >= 4 is 39.8 Å². The maximum Gasteiger partial charge on any atom is 0.319 e. The minimum Gasteiger partial charge on any atom is -0.458 e. The van der Waals surface area contributed by atoms with Crippen LogP contribution in [0, 0.1) is 17.2 Å². The number of ether oxygens (including phenoxy) is 1. The average Bonchev–Trinajstić information content (AvgIpc) is 3.47. The van der Waals surface area contributed by atoms with E-state index < -0.39 is 0 Å². The molecule has 3 aromatic rings. The lowest BCUT2D eigenvalue weighted by Crippen LogP contribution is -2.55. The van der Waals surface area contributed by atoms with E-state index in [-0.39, 0.29) is 30.4 Å². The molecule has 0 radical (unpaired) electrons. The predicted molar refractivity (Wildman–Crippen MR) is 179 cm³/mol. The van der Waals surface area contributed by atoms with Crippen molar-refractivity contribution in [1.82, 2.24) is 19.8 Å². The molecule has 6 rings (SSSR count). The first-order chi connectivity index (χ1) is 21.8. The van der Waals surface area contributed by atoms with Crippen LogP contribution in [-0.2, 0) is 17.8 Å². The Kier molecular flexibility index (Phi) is 9.34. The van der Waals surface area contributed by atoms with Crippen LogP contribution in [0.4, 0.5) is 11.5 Å². The summed E-state index contributed by atoms with van der Waals surface area (Å²) < 4.78 is 6.76. The maximum absolute atomic E-state index is 12.7. The summed E-state index contributed by atoms with van der Waals surface area (Å²) in [5.74, 6) is 1.25. The molecule has 2 fully saturated rings. The van der Waals surface area contributed by atoms with Gasteiger partial charge in [0.2, 0.25) is 5.91 Å². The van der Waals surface area contributed by atoms with Gasteiger partial charge in [-0.2, -0.15) is 15.2 Å². The molecule has 0 spiro atoms. The standard InChI is InChI=1S/C35H44ClN7O2/c1-5-31(44)43-20-19-42(21-25(43)14-16-37)34-26-15-18-41(29-12-7-10-24-9-6-11-27(36)32(24)29)22-28(26)38-35(39-34)45-33(23(2)3)30-13-8-17-40(30)4/h6-7,9-12,23,25,30,33H,5,8,13-15,17-22H2,1-4H3/t25-,30+,33?/m1/s1. The van der Waals surface area contributed by atoms with Crippen molar-refractivity contribution < 1.29 is 9.53 Å². The molecule has 1 aromatic heterocycles. The van der Waals surface area contributed by atoms with Crippen molar-refractivity contribution in [3.05, 3.63) is 52.7 Å². The predicted octanol–water partition coefficient (Wildman–Crippen LogP) is 5.68. The molecule has 0 bridgehead atoms. The number of halogens is 1. The molecule has 1 amide bonds. The monoisotopic (exact) mass is 629 g/mol. The van der Waals surface area contributed by atoms with E-state index in [2.05, 4.69) is 65.9 Å². The summed E-state index contributed by atoms with van der Waals surface area (Å²) in [6.45, 7) is 10.5. The molecule has 3 atom stereocenters. The molecule has 2 aromatic carbocycles. The molecule has 45 heavy (non-hydrogen) atoms. The highest BCUT2D eigenvalue weighted by molar-refractivity contribution is 6.36. The average molecular weight is 630 g/mol. The summed E-state index contributed by atoms with van der Waals surface area (Å²) in [5.41, 5.74) is 3.17. The molecule has 238 valence electrons. The number of piperazine rings is 1. The summed E-state index contributed by atoms with van der Waals surface area (Å²) in [5, 5.41) is 12.5. The minimum absolute atomic E-state index is 0.0367. The van der Waals surface area contributed by atoms with Gasteiger partial charge in [0.05, 0.1) is 35.8 Å². The summed E-state index contributed by atoms with van der Waals surface area (Å²) in [7, 11) is 2.18. The van der Waals surface area contributed by atoms with Crippen LogP contribution in [0.15, 0.2) is 36.4 Å². The zero-order valence-corrected chi connectivity index (χ0v) is 27.6. The third-order valence-electron chi connectivity index (χ3n) is 9.78. The Hall–Kier alpha value is -3.61. The molecule has 3 aliphatic rings. The van der Waals surface area contributed by atoms with Gasteiger partial charge in [-0.1, -0.05) is 56.6 Å². The lowest BCUT2D eigenvalue weighted by atomic mass is 9.97. The Morgan fingerprint density at radius 2 is 1.91 bits per heavy atom. The van der Waals surface area contributed by atoms with Gasteiger partial charge in [-0.05, 0) is 56.3 Å². The zero-order chi connectivity index (χ0) is 31.7. The Balaban J connectivity index is 1.38.